The smallest absolute Gasteiger partial charge is 0.292 e. The molecule has 3 aromatic rings. The van der Waals surface area contributed by atoms with Gasteiger partial charge < -0.3 is 4.90 Å². The Bertz CT molecular complexity index is 1210. The second kappa shape index (κ2) is 8.06. The predicted octanol–water partition coefficient (Wildman–Crippen LogP) is 2.83. The fourth-order valence-corrected chi connectivity index (χ4v) is 3.67. The molecule has 2 aromatic carbocycles. The number of hydrazone groups is 1. The number of carbonyl (C=O) groups excluding carboxylic acids is 1. The summed E-state index contributed by atoms with van der Waals surface area (Å²) in [5.74, 6) is -0.851. The minimum atomic E-state index is -0.546. The number of carbonyl (C=O) groups is 1. The molecular weight excluding hydrogens is 385 g/mol. The number of amides is 1. The second-order valence-electron chi connectivity index (χ2n) is 7.32. The molecule has 30 heavy (non-hydrogen) atoms. The number of nitrogens with zero attached hydrogens (tertiary/aromatic N) is 4. The lowest BCUT2D eigenvalue weighted by atomic mass is 10.1. The summed E-state index contributed by atoms with van der Waals surface area (Å²) >= 11 is 0. The first-order chi connectivity index (χ1) is 14.5. The van der Waals surface area contributed by atoms with Gasteiger partial charge in [-0.1, -0.05) is 24.3 Å². The van der Waals surface area contributed by atoms with Gasteiger partial charge in [-0.15, -0.1) is 0 Å². The highest BCUT2D eigenvalue weighted by atomic mass is 19.1. The second-order valence-corrected chi connectivity index (χ2v) is 7.32. The summed E-state index contributed by atoms with van der Waals surface area (Å²) in [7, 11) is 1.49. The lowest BCUT2D eigenvalue weighted by Crippen LogP contribution is -2.27. The van der Waals surface area contributed by atoms with Gasteiger partial charge in [0.2, 0.25) is 0 Å². The number of halogens is 1. The van der Waals surface area contributed by atoms with E-state index in [0.717, 1.165) is 30.6 Å². The molecule has 8 heteroatoms. The third kappa shape index (κ3) is 3.68. The fourth-order valence-electron chi connectivity index (χ4n) is 3.67. The maximum Gasteiger partial charge on any atom is 0.292 e. The largest absolute Gasteiger partial charge is 0.369 e. The van der Waals surface area contributed by atoms with Crippen LogP contribution in [0.25, 0.3) is 10.8 Å². The molecule has 1 fully saturated rings. The van der Waals surface area contributed by atoms with Gasteiger partial charge in [0.25, 0.3) is 11.5 Å². The summed E-state index contributed by atoms with van der Waals surface area (Å²) in [5.41, 5.74) is 3.91. The zero-order chi connectivity index (χ0) is 21.3. The minimum Gasteiger partial charge on any atom is -0.369 e. The van der Waals surface area contributed by atoms with E-state index in [1.165, 1.54) is 13.1 Å². The molecular formula is C22H22FN5O2. The van der Waals surface area contributed by atoms with Crippen molar-refractivity contribution < 1.29 is 9.18 Å². The first-order valence-corrected chi connectivity index (χ1v) is 9.81. The molecule has 0 saturated carbocycles. The molecule has 1 aliphatic rings. The SMILES string of the molecule is C/C(=N/NC(=O)c1nn(C)c(=O)c2ccccc12)c1ccc(N2CCCC2)c(F)c1. The van der Waals surface area contributed by atoms with Gasteiger partial charge in [-0.3, -0.25) is 9.59 Å². The van der Waals surface area contributed by atoms with Crippen LogP contribution in [0.1, 0.15) is 35.8 Å². The van der Waals surface area contributed by atoms with Gasteiger partial charge >= 0.3 is 0 Å². The Kier molecular flexibility index (Phi) is 5.31. The summed E-state index contributed by atoms with van der Waals surface area (Å²) < 4.78 is 15.7. The Balaban J connectivity index is 1.57. The lowest BCUT2D eigenvalue weighted by Gasteiger charge is -2.18. The van der Waals surface area contributed by atoms with Crippen LogP contribution in [0.5, 0.6) is 0 Å². The molecule has 1 aliphatic heterocycles. The number of fused-ring (bicyclic) bond motifs is 1. The molecule has 1 N–H and O–H groups in total. The van der Waals surface area contributed by atoms with Gasteiger partial charge in [0.1, 0.15) is 5.82 Å². The molecule has 7 nitrogen and oxygen atoms in total. The Hall–Kier alpha value is -3.55. The number of anilines is 1. The maximum atomic E-state index is 14.6. The number of rotatable bonds is 4. The van der Waals surface area contributed by atoms with Crippen LogP contribution in [0.3, 0.4) is 0 Å². The molecule has 0 spiro atoms. The third-order valence-electron chi connectivity index (χ3n) is 5.31. The van der Waals surface area contributed by atoms with Crippen molar-refractivity contribution in [3.05, 3.63) is 69.9 Å². The van der Waals surface area contributed by atoms with E-state index in [2.05, 4.69) is 15.6 Å². The summed E-state index contributed by atoms with van der Waals surface area (Å²) in [5, 5.41) is 9.04. The molecule has 0 radical (unpaired) electrons. The highest BCUT2D eigenvalue weighted by Gasteiger charge is 2.17. The molecule has 1 saturated heterocycles. The molecule has 1 amide bonds. The monoisotopic (exact) mass is 407 g/mol. The number of benzene rings is 2. The van der Waals surface area contributed by atoms with E-state index >= 15 is 0 Å². The summed E-state index contributed by atoms with van der Waals surface area (Å²) in [6.07, 6.45) is 2.14. The lowest BCUT2D eigenvalue weighted by molar-refractivity contribution is 0.0949. The van der Waals surface area contributed by atoms with Gasteiger partial charge in [-0.25, -0.2) is 14.5 Å². The Morgan fingerprint density at radius 1 is 1.13 bits per heavy atom. The molecule has 4 rings (SSSR count). The zero-order valence-electron chi connectivity index (χ0n) is 16.9. The molecule has 0 aliphatic carbocycles. The number of nitrogens with one attached hydrogen (secondary N) is 1. The molecule has 2 heterocycles. The van der Waals surface area contributed by atoms with Crippen molar-refractivity contribution in [2.24, 2.45) is 12.1 Å². The number of hydrogen-bond acceptors (Lipinski definition) is 5. The van der Waals surface area contributed by atoms with Gasteiger partial charge in [-0.05, 0) is 38.0 Å². The van der Waals surface area contributed by atoms with Crippen molar-refractivity contribution in [2.45, 2.75) is 19.8 Å². The zero-order valence-corrected chi connectivity index (χ0v) is 16.9. The molecule has 0 unspecified atom stereocenters. The van der Waals surface area contributed by atoms with E-state index in [9.17, 15) is 14.0 Å². The van der Waals surface area contributed by atoms with Crippen LogP contribution in [-0.2, 0) is 7.05 Å². The predicted molar refractivity (Wildman–Crippen MR) is 115 cm³/mol. The molecule has 0 atom stereocenters. The topological polar surface area (TPSA) is 79.6 Å². The van der Waals surface area contributed by atoms with Gasteiger partial charge in [0.15, 0.2) is 5.69 Å². The molecule has 1 aromatic heterocycles. The minimum absolute atomic E-state index is 0.0970. The van der Waals surface area contributed by atoms with E-state index in [-0.39, 0.29) is 17.1 Å². The normalized spacial score (nSPS) is 14.4. The van der Waals surface area contributed by atoms with Crippen molar-refractivity contribution in [3.63, 3.8) is 0 Å². The van der Waals surface area contributed by atoms with Crippen LogP contribution in [0.15, 0.2) is 52.4 Å². The van der Waals surface area contributed by atoms with E-state index in [0.29, 0.717) is 27.7 Å². The highest BCUT2D eigenvalue weighted by molar-refractivity contribution is 6.06. The van der Waals surface area contributed by atoms with Gasteiger partial charge in [0.05, 0.1) is 16.8 Å². The van der Waals surface area contributed by atoms with Crippen LogP contribution in [0.2, 0.25) is 0 Å². The van der Waals surface area contributed by atoms with Crippen molar-refractivity contribution in [1.82, 2.24) is 15.2 Å². The highest BCUT2D eigenvalue weighted by Crippen LogP contribution is 2.24. The first-order valence-electron chi connectivity index (χ1n) is 9.81. The number of aromatic nitrogens is 2. The van der Waals surface area contributed by atoms with Crippen molar-refractivity contribution in [2.75, 3.05) is 18.0 Å². The van der Waals surface area contributed by atoms with Crippen molar-refractivity contribution >= 4 is 28.1 Å². The summed E-state index contributed by atoms with van der Waals surface area (Å²) in [4.78, 5) is 26.9. The van der Waals surface area contributed by atoms with E-state index in [1.54, 1.807) is 43.3 Å². The average molecular weight is 407 g/mol. The summed E-state index contributed by atoms with van der Waals surface area (Å²) in [6.45, 7) is 3.41. The molecule has 0 bridgehead atoms. The quantitative estimate of drug-likeness (QED) is 0.533. The van der Waals surface area contributed by atoms with Crippen LogP contribution in [0.4, 0.5) is 10.1 Å². The van der Waals surface area contributed by atoms with Crippen LogP contribution >= 0.6 is 0 Å². The van der Waals surface area contributed by atoms with Gasteiger partial charge in [0, 0.05) is 31.1 Å². The fraction of sp³-hybridized carbons (Fsp3) is 0.273. The van der Waals surface area contributed by atoms with E-state index in [1.807, 2.05) is 4.90 Å². The van der Waals surface area contributed by atoms with Crippen molar-refractivity contribution in [3.8, 4) is 0 Å². The average Bonchev–Trinajstić information content (AvgIpc) is 3.29. The van der Waals surface area contributed by atoms with Crippen LogP contribution < -0.4 is 15.9 Å². The Labute approximate surface area is 172 Å². The first kappa shape index (κ1) is 19.8. The number of aryl methyl sites for hydroxylation is 1. The Morgan fingerprint density at radius 2 is 1.83 bits per heavy atom. The summed E-state index contributed by atoms with van der Waals surface area (Å²) in [6, 6.07) is 11.8. The standard InChI is InChI=1S/C22H22FN5O2/c1-14(15-9-10-19(18(23)13-15)28-11-5-6-12-28)24-25-21(29)20-16-7-3-4-8-17(16)22(30)27(2)26-20/h3-4,7-10,13H,5-6,11-12H2,1-2H3,(H,25,29)/b24-14-. The van der Waals surface area contributed by atoms with Crippen molar-refractivity contribution in [1.29, 1.82) is 0 Å². The van der Waals surface area contributed by atoms with Crippen LogP contribution in [0, 0.1) is 5.82 Å². The van der Waals surface area contributed by atoms with Gasteiger partial charge in [-0.2, -0.15) is 10.2 Å². The van der Waals surface area contributed by atoms with Crippen LogP contribution in [-0.4, -0.2) is 34.5 Å². The number of hydrogen-bond donors (Lipinski definition) is 1. The molecule has 154 valence electrons. The van der Waals surface area contributed by atoms with E-state index < -0.39 is 5.91 Å². The third-order valence-corrected chi connectivity index (χ3v) is 5.31. The van der Waals surface area contributed by atoms with E-state index in [4.69, 9.17) is 0 Å². The Morgan fingerprint density at radius 3 is 2.53 bits per heavy atom. The maximum absolute atomic E-state index is 14.6.